The summed E-state index contributed by atoms with van der Waals surface area (Å²) in [4.78, 5) is 50.2. The van der Waals surface area contributed by atoms with Gasteiger partial charge in [-0.15, -0.1) is 0 Å². The standard InChI is InChI=1S/C23H34N6O3/c1-22(2,3)16-7-9-23(10-8-16)19(31)29(21(32)27-23)15-18(30)26-17-6-4-13-28(14-17)20-24-11-5-12-25-20/h5,11-12,16-17H,4,6-10,13-15H2,1-3H3,(H,26,30)(H,27,32). The van der Waals surface area contributed by atoms with E-state index in [0.29, 0.717) is 31.3 Å². The van der Waals surface area contributed by atoms with Gasteiger partial charge in [-0.25, -0.2) is 14.8 Å². The second kappa shape index (κ2) is 8.67. The van der Waals surface area contributed by atoms with Crippen LogP contribution in [0.4, 0.5) is 10.7 Å². The molecule has 4 rings (SSSR count). The Hall–Kier alpha value is -2.71. The molecular formula is C23H34N6O3. The number of piperidine rings is 1. The van der Waals surface area contributed by atoms with Crippen molar-refractivity contribution in [2.24, 2.45) is 11.3 Å². The summed E-state index contributed by atoms with van der Waals surface area (Å²) in [6, 6.07) is 1.24. The van der Waals surface area contributed by atoms with Crippen LogP contribution in [0.15, 0.2) is 18.5 Å². The molecule has 3 aliphatic rings. The fourth-order valence-electron chi connectivity index (χ4n) is 5.28. The number of imide groups is 1. The fourth-order valence-corrected chi connectivity index (χ4v) is 5.28. The first-order valence-corrected chi connectivity index (χ1v) is 11.6. The zero-order chi connectivity index (χ0) is 22.9. The number of hydrogen-bond donors (Lipinski definition) is 2. The number of carbonyl (C=O) groups excluding carboxylic acids is 3. The molecule has 0 bridgehead atoms. The van der Waals surface area contributed by atoms with Crippen molar-refractivity contribution in [3.05, 3.63) is 18.5 Å². The number of nitrogens with one attached hydrogen (secondary N) is 2. The van der Waals surface area contributed by atoms with E-state index in [2.05, 4.69) is 41.4 Å². The van der Waals surface area contributed by atoms with Crippen LogP contribution in [0.3, 0.4) is 0 Å². The lowest BCUT2D eigenvalue weighted by Crippen LogP contribution is -2.52. The van der Waals surface area contributed by atoms with E-state index in [9.17, 15) is 14.4 Å². The Morgan fingerprint density at radius 2 is 1.88 bits per heavy atom. The average Bonchev–Trinajstić information content (AvgIpc) is 2.98. The van der Waals surface area contributed by atoms with Gasteiger partial charge in [-0.2, -0.15) is 0 Å². The molecule has 9 nitrogen and oxygen atoms in total. The number of anilines is 1. The molecule has 2 N–H and O–H groups in total. The van der Waals surface area contributed by atoms with Gasteiger partial charge in [0.25, 0.3) is 5.91 Å². The van der Waals surface area contributed by atoms with E-state index >= 15 is 0 Å². The lowest BCUT2D eigenvalue weighted by atomic mass is 9.67. The Morgan fingerprint density at radius 3 is 2.53 bits per heavy atom. The number of carbonyl (C=O) groups is 3. The maximum atomic E-state index is 13.2. The van der Waals surface area contributed by atoms with Crippen molar-refractivity contribution in [2.45, 2.75) is 70.9 Å². The monoisotopic (exact) mass is 442 g/mol. The third-order valence-corrected chi connectivity index (χ3v) is 7.23. The molecule has 1 aromatic rings. The summed E-state index contributed by atoms with van der Waals surface area (Å²) in [5, 5.41) is 5.91. The van der Waals surface area contributed by atoms with Gasteiger partial charge >= 0.3 is 6.03 Å². The Bertz CT molecular complexity index is 860. The first kappa shape index (κ1) is 22.5. The molecule has 0 aromatic carbocycles. The summed E-state index contributed by atoms with van der Waals surface area (Å²) in [6.07, 6.45) is 8.21. The topological polar surface area (TPSA) is 108 Å². The van der Waals surface area contributed by atoms with Gasteiger partial charge in [0.05, 0.1) is 0 Å². The number of nitrogens with zero attached hydrogens (tertiary/aromatic N) is 4. The molecule has 1 aromatic heterocycles. The van der Waals surface area contributed by atoms with Crippen LogP contribution in [0.25, 0.3) is 0 Å². The lowest BCUT2D eigenvalue weighted by molar-refractivity contribution is -0.136. The Kier molecular flexibility index (Phi) is 6.09. The molecule has 1 unspecified atom stereocenters. The number of rotatable bonds is 4. The Balaban J connectivity index is 1.33. The summed E-state index contributed by atoms with van der Waals surface area (Å²) in [6.45, 7) is 7.86. The van der Waals surface area contributed by atoms with Gasteiger partial charge in [0.2, 0.25) is 11.9 Å². The fraction of sp³-hybridized carbons (Fsp3) is 0.696. The van der Waals surface area contributed by atoms with Crippen LogP contribution in [-0.2, 0) is 9.59 Å². The van der Waals surface area contributed by atoms with E-state index in [0.717, 1.165) is 37.1 Å². The maximum Gasteiger partial charge on any atom is 0.325 e. The second-order valence-corrected chi connectivity index (χ2v) is 10.4. The van der Waals surface area contributed by atoms with Crippen LogP contribution >= 0.6 is 0 Å². The minimum atomic E-state index is -0.842. The molecule has 2 aliphatic heterocycles. The van der Waals surface area contributed by atoms with Gasteiger partial charge < -0.3 is 15.5 Å². The minimum absolute atomic E-state index is 0.0722. The van der Waals surface area contributed by atoms with Gasteiger partial charge in [0.15, 0.2) is 0 Å². The van der Waals surface area contributed by atoms with E-state index in [-0.39, 0.29) is 29.8 Å². The molecular weight excluding hydrogens is 408 g/mol. The SMILES string of the molecule is CC(C)(C)C1CCC2(CC1)NC(=O)N(CC(=O)NC1CCCN(c3ncccn3)C1)C2=O. The maximum absolute atomic E-state index is 13.2. The van der Waals surface area contributed by atoms with E-state index < -0.39 is 11.6 Å². The van der Waals surface area contributed by atoms with Crippen LogP contribution in [0.2, 0.25) is 0 Å². The number of hydrogen-bond acceptors (Lipinski definition) is 6. The quantitative estimate of drug-likeness (QED) is 0.692. The van der Waals surface area contributed by atoms with Crippen LogP contribution in [0, 0.1) is 11.3 Å². The van der Waals surface area contributed by atoms with Crippen molar-refractivity contribution in [2.75, 3.05) is 24.5 Å². The number of amides is 4. The lowest BCUT2D eigenvalue weighted by Gasteiger charge is -2.40. The third-order valence-electron chi connectivity index (χ3n) is 7.23. The summed E-state index contributed by atoms with van der Waals surface area (Å²) >= 11 is 0. The van der Waals surface area contributed by atoms with Gasteiger partial charge in [-0.3, -0.25) is 14.5 Å². The van der Waals surface area contributed by atoms with Crippen LogP contribution < -0.4 is 15.5 Å². The zero-order valence-corrected chi connectivity index (χ0v) is 19.3. The van der Waals surface area contributed by atoms with Gasteiger partial charge in [0, 0.05) is 31.5 Å². The molecule has 9 heteroatoms. The van der Waals surface area contributed by atoms with Crippen LogP contribution in [-0.4, -0.2) is 63.9 Å². The molecule has 1 saturated carbocycles. The van der Waals surface area contributed by atoms with E-state index in [1.165, 1.54) is 0 Å². The average molecular weight is 443 g/mol. The highest BCUT2D eigenvalue weighted by Gasteiger charge is 2.53. The minimum Gasteiger partial charge on any atom is -0.350 e. The van der Waals surface area contributed by atoms with Gasteiger partial charge in [-0.1, -0.05) is 20.8 Å². The molecule has 174 valence electrons. The zero-order valence-electron chi connectivity index (χ0n) is 19.3. The number of urea groups is 1. The molecule has 1 atom stereocenters. The first-order chi connectivity index (χ1) is 15.2. The molecule has 3 heterocycles. The Labute approximate surface area is 189 Å². The van der Waals surface area contributed by atoms with Gasteiger partial charge in [0.1, 0.15) is 12.1 Å². The van der Waals surface area contributed by atoms with Crippen molar-refractivity contribution in [3.8, 4) is 0 Å². The number of aromatic nitrogens is 2. The van der Waals surface area contributed by atoms with Crippen molar-refractivity contribution in [3.63, 3.8) is 0 Å². The summed E-state index contributed by atoms with van der Waals surface area (Å²) in [7, 11) is 0. The molecule has 1 spiro atoms. The molecule has 4 amide bonds. The molecule has 32 heavy (non-hydrogen) atoms. The normalized spacial score (nSPS) is 28.7. The highest BCUT2D eigenvalue weighted by atomic mass is 16.2. The van der Waals surface area contributed by atoms with E-state index in [1.54, 1.807) is 18.5 Å². The summed E-state index contributed by atoms with van der Waals surface area (Å²) < 4.78 is 0. The largest absolute Gasteiger partial charge is 0.350 e. The predicted octanol–water partition coefficient (Wildman–Crippen LogP) is 2.09. The third kappa shape index (κ3) is 4.56. The second-order valence-electron chi connectivity index (χ2n) is 10.4. The summed E-state index contributed by atoms with van der Waals surface area (Å²) in [5.41, 5.74) is -0.656. The van der Waals surface area contributed by atoms with Crippen LogP contribution in [0.5, 0.6) is 0 Å². The molecule has 0 radical (unpaired) electrons. The highest BCUT2D eigenvalue weighted by molar-refractivity contribution is 6.09. The van der Waals surface area contributed by atoms with Crippen molar-refractivity contribution in [1.82, 2.24) is 25.5 Å². The highest BCUT2D eigenvalue weighted by Crippen LogP contribution is 2.43. The molecule has 2 saturated heterocycles. The van der Waals surface area contributed by atoms with Crippen molar-refractivity contribution < 1.29 is 14.4 Å². The van der Waals surface area contributed by atoms with E-state index in [1.807, 2.05) is 4.90 Å². The molecule has 1 aliphatic carbocycles. The first-order valence-electron chi connectivity index (χ1n) is 11.6. The van der Waals surface area contributed by atoms with Crippen molar-refractivity contribution >= 4 is 23.8 Å². The van der Waals surface area contributed by atoms with Gasteiger partial charge in [-0.05, 0) is 55.9 Å². The molecule has 3 fully saturated rings. The van der Waals surface area contributed by atoms with Crippen molar-refractivity contribution in [1.29, 1.82) is 0 Å². The predicted molar refractivity (Wildman–Crippen MR) is 120 cm³/mol. The van der Waals surface area contributed by atoms with E-state index in [4.69, 9.17) is 0 Å². The van der Waals surface area contributed by atoms with Crippen LogP contribution in [0.1, 0.15) is 59.3 Å². The smallest absolute Gasteiger partial charge is 0.325 e. The summed E-state index contributed by atoms with van der Waals surface area (Å²) in [5.74, 6) is 0.606. The Morgan fingerprint density at radius 1 is 1.19 bits per heavy atom.